The summed E-state index contributed by atoms with van der Waals surface area (Å²) in [6.45, 7) is 7.24. The number of nitrogens with zero attached hydrogens (tertiary/aromatic N) is 4. The van der Waals surface area contributed by atoms with Crippen molar-refractivity contribution in [3.63, 3.8) is 0 Å². The van der Waals surface area contributed by atoms with E-state index in [1.54, 1.807) is 22.7 Å². The summed E-state index contributed by atoms with van der Waals surface area (Å²) in [6, 6.07) is 8.40. The quantitative estimate of drug-likeness (QED) is 0.452. The van der Waals surface area contributed by atoms with Gasteiger partial charge in [-0.15, -0.1) is 22.7 Å². The minimum Gasteiger partial charge on any atom is -0.365 e. The van der Waals surface area contributed by atoms with Crippen LogP contribution in [0, 0.1) is 13.8 Å². The number of aromatic nitrogens is 3. The molecule has 1 N–H and O–H groups in total. The minimum atomic E-state index is 0.716. The Morgan fingerprint density at radius 3 is 2.79 bits per heavy atom. The first-order chi connectivity index (χ1) is 14.2. The third-order valence-electron chi connectivity index (χ3n) is 5.47. The second-order valence-electron chi connectivity index (χ2n) is 7.41. The smallest absolute Gasteiger partial charge is 0.173 e. The number of nitrogens with one attached hydrogen (secondary N) is 1. The van der Waals surface area contributed by atoms with Crippen molar-refractivity contribution in [2.75, 3.05) is 23.3 Å². The predicted molar refractivity (Wildman–Crippen MR) is 123 cm³/mol. The van der Waals surface area contributed by atoms with Crippen LogP contribution in [0.5, 0.6) is 0 Å². The van der Waals surface area contributed by atoms with Crippen LogP contribution in [0.1, 0.15) is 28.8 Å². The van der Waals surface area contributed by atoms with Crippen molar-refractivity contribution in [2.24, 2.45) is 0 Å². The van der Waals surface area contributed by atoms with E-state index in [-0.39, 0.29) is 0 Å². The second kappa shape index (κ2) is 7.72. The Morgan fingerprint density at radius 2 is 2.00 bits per heavy atom. The third-order valence-corrected chi connectivity index (χ3v) is 7.44. The molecule has 0 spiro atoms. The molecule has 1 fully saturated rings. The number of anilines is 2. The summed E-state index contributed by atoms with van der Waals surface area (Å²) < 4.78 is 0. The van der Waals surface area contributed by atoms with Crippen molar-refractivity contribution in [1.29, 1.82) is 0 Å². The average molecular weight is 422 g/mol. The number of hydrogen-bond donors (Lipinski definition) is 1. The molecule has 0 atom stereocenters. The highest BCUT2D eigenvalue weighted by molar-refractivity contribution is 7.19. The van der Waals surface area contributed by atoms with E-state index in [1.807, 2.05) is 12.3 Å². The van der Waals surface area contributed by atoms with Gasteiger partial charge in [0.25, 0.3) is 0 Å². The molecule has 5 rings (SSSR count). The molecule has 0 amide bonds. The largest absolute Gasteiger partial charge is 0.365 e. The van der Waals surface area contributed by atoms with Gasteiger partial charge in [-0.3, -0.25) is 0 Å². The van der Waals surface area contributed by atoms with Crippen LogP contribution in [0.2, 0.25) is 0 Å². The highest BCUT2D eigenvalue weighted by Gasteiger charge is 2.17. The Bertz CT molecular complexity index is 1140. The van der Waals surface area contributed by atoms with Crippen LogP contribution in [-0.4, -0.2) is 28.0 Å². The van der Waals surface area contributed by atoms with Gasteiger partial charge < -0.3 is 10.2 Å². The fourth-order valence-electron chi connectivity index (χ4n) is 3.77. The van der Waals surface area contributed by atoms with E-state index in [4.69, 9.17) is 9.97 Å². The van der Waals surface area contributed by atoms with Crippen LogP contribution in [0.4, 0.5) is 11.6 Å². The monoisotopic (exact) mass is 421 g/mol. The SMILES string of the molecule is Cc1sc2nc(-c3cccs3)nc(NCc3ccnc(N4CCCC4)c3)c2c1C. The summed E-state index contributed by atoms with van der Waals surface area (Å²) in [5.41, 5.74) is 2.48. The Morgan fingerprint density at radius 1 is 1.14 bits per heavy atom. The zero-order valence-electron chi connectivity index (χ0n) is 16.6. The molecule has 4 aromatic heterocycles. The maximum absolute atomic E-state index is 4.90. The molecule has 1 aliphatic rings. The van der Waals surface area contributed by atoms with Gasteiger partial charge in [-0.25, -0.2) is 15.0 Å². The van der Waals surface area contributed by atoms with E-state index < -0.39 is 0 Å². The Kier molecular flexibility index (Phi) is 4.93. The number of aryl methyl sites for hydroxylation is 2. The highest BCUT2D eigenvalue weighted by atomic mass is 32.1. The van der Waals surface area contributed by atoms with Gasteiger partial charge in [0.2, 0.25) is 0 Å². The number of thiophene rings is 2. The van der Waals surface area contributed by atoms with Crippen molar-refractivity contribution in [3.05, 3.63) is 51.8 Å². The minimum absolute atomic E-state index is 0.716. The van der Waals surface area contributed by atoms with Crippen molar-refractivity contribution in [3.8, 4) is 10.7 Å². The van der Waals surface area contributed by atoms with Gasteiger partial charge in [-0.1, -0.05) is 6.07 Å². The lowest BCUT2D eigenvalue weighted by molar-refractivity contribution is 0.931. The number of pyridine rings is 1. The molecule has 0 saturated carbocycles. The second-order valence-corrected chi connectivity index (χ2v) is 9.56. The fourth-order valence-corrected chi connectivity index (χ4v) is 5.46. The van der Waals surface area contributed by atoms with Crippen molar-refractivity contribution in [1.82, 2.24) is 15.0 Å². The lowest BCUT2D eigenvalue weighted by Gasteiger charge is -2.17. The standard InChI is InChI=1S/C22H23N5S2/c1-14-15(2)29-22-19(14)21(25-20(26-22)17-6-5-11-28-17)24-13-16-7-8-23-18(12-16)27-9-3-4-10-27/h5-8,11-12H,3-4,9-10,13H2,1-2H3,(H,24,25,26). The van der Waals surface area contributed by atoms with Gasteiger partial charge in [0, 0.05) is 30.7 Å². The molecular weight excluding hydrogens is 398 g/mol. The molecule has 0 radical (unpaired) electrons. The summed E-state index contributed by atoms with van der Waals surface area (Å²) >= 11 is 3.41. The molecule has 0 aliphatic carbocycles. The molecule has 148 valence electrons. The average Bonchev–Trinajstić information content (AvgIpc) is 3.49. The van der Waals surface area contributed by atoms with Crippen LogP contribution in [0.15, 0.2) is 35.8 Å². The molecule has 0 unspecified atom stereocenters. The topological polar surface area (TPSA) is 53.9 Å². The zero-order chi connectivity index (χ0) is 19.8. The van der Waals surface area contributed by atoms with Gasteiger partial charge in [-0.2, -0.15) is 0 Å². The van der Waals surface area contributed by atoms with Gasteiger partial charge in [0.1, 0.15) is 16.5 Å². The Balaban J connectivity index is 1.47. The Hall–Kier alpha value is -2.51. The molecule has 0 aromatic carbocycles. The normalized spacial score (nSPS) is 14.1. The summed E-state index contributed by atoms with van der Waals surface area (Å²) in [4.78, 5) is 20.1. The third kappa shape index (κ3) is 3.60. The van der Waals surface area contributed by atoms with Gasteiger partial charge in [0.05, 0.1) is 10.3 Å². The van der Waals surface area contributed by atoms with Crippen molar-refractivity contribution < 1.29 is 0 Å². The van der Waals surface area contributed by atoms with Crippen LogP contribution in [0.25, 0.3) is 20.9 Å². The first-order valence-corrected chi connectivity index (χ1v) is 11.6. The van der Waals surface area contributed by atoms with Gasteiger partial charge >= 0.3 is 0 Å². The van der Waals surface area contributed by atoms with E-state index in [1.165, 1.54) is 28.8 Å². The first-order valence-electron chi connectivity index (χ1n) is 9.94. The molecular formula is C22H23N5S2. The van der Waals surface area contributed by atoms with Crippen LogP contribution in [-0.2, 0) is 6.54 Å². The maximum atomic E-state index is 4.90. The zero-order valence-corrected chi connectivity index (χ0v) is 18.2. The predicted octanol–water partition coefficient (Wildman–Crippen LogP) is 5.64. The van der Waals surface area contributed by atoms with Crippen molar-refractivity contribution in [2.45, 2.75) is 33.2 Å². The number of hydrogen-bond acceptors (Lipinski definition) is 7. The maximum Gasteiger partial charge on any atom is 0.173 e. The van der Waals surface area contributed by atoms with Gasteiger partial charge in [-0.05, 0) is 61.4 Å². The van der Waals surface area contributed by atoms with Crippen LogP contribution < -0.4 is 10.2 Å². The van der Waals surface area contributed by atoms with E-state index >= 15 is 0 Å². The van der Waals surface area contributed by atoms with E-state index in [9.17, 15) is 0 Å². The lowest BCUT2D eigenvalue weighted by atomic mass is 10.2. The highest BCUT2D eigenvalue weighted by Crippen LogP contribution is 2.36. The lowest BCUT2D eigenvalue weighted by Crippen LogP contribution is -2.19. The summed E-state index contributed by atoms with van der Waals surface area (Å²) in [5, 5.41) is 6.80. The fraction of sp³-hybridized carbons (Fsp3) is 0.318. The number of fused-ring (bicyclic) bond motifs is 1. The number of rotatable bonds is 5. The summed E-state index contributed by atoms with van der Waals surface area (Å²) in [5.74, 6) is 2.79. The van der Waals surface area contributed by atoms with Crippen molar-refractivity contribution >= 4 is 44.5 Å². The molecule has 0 bridgehead atoms. The first kappa shape index (κ1) is 18.5. The van der Waals surface area contributed by atoms with E-state index in [2.05, 4.69) is 52.6 Å². The van der Waals surface area contributed by atoms with E-state index in [0.717, 1.165) is 45.6 Å². The summed E-state index contributed by atoms with van der Waals surface area (Å²) in [7, 11) is 0. The molecule has 5 heterocycles. The molecule has 1 saturated heterocycles. The summed E-state index contributed by atoms with van der Waals surface area (Å²) in [6.07, 6.45) is 4.42. The molecule has 29 heavy (non-hydrogen) atoms. The molecule has 5 nitrogen and oxygen atoms in total. The molecule has 4 aromatic rings. The van der Waals surface area contributed by atoms with E-state index in [0.29, 0.717) is 6.54 Å². The molecule has 7 heteroatoms. The van der Waals surface area contributed by atoms with Crippen LogP contribution in [0.3, 0.4) is 0 Å². The Labute approximate surface area is 178 Å². The van der Waals surface area contributed by atoms with Crippen LogP contribution >= 0.6 is 22.7 Å². The molecule has 1 aliphatic heterocycles. The van der Waals surface area contributed by atoms with Gasteiger partial charge in [0.15, 0.2) is 5.82 Å².